The molecule has 5 nitrogen and oxygen atoms in total. The molecule has 0 aliphatic heterocycles. The fourth-order valence-electron chi connectivity index (χ4n) is 3.37. The quantitative estimate of drug-likeness (QED) is 0.888. The molecule has 1 saturated carbocycles. The monoisotopic (exact) mass is 321 g/mol. The van der Waals surface area contributed by atoms with Gasteiger partial charge < -0.3 is 4.57 Å². The maximum atomic E-state index is 12.1. The standard InChI is InChI=1S/C16H23N3O2S/c1-12-9-14(10-12)11-22(20,21)17-7-8-19-13(2)18-15-5-3-4-6-16(15)19/h3-6,12,14,17H,7-11H2,1-2H3. The first-order valence-corrected chi connectivity index (χ1v) is 9.49. The van der Waals surface area contributed by atoms with E-state index in [0.29, 0.717) is 24.9 Å². The Kier molecular flexibility index (Phi) is 4.23. The maximum Gasteiger partial charge on any atom is 0.211 e. The SMILES string of the molecule is Cc1nc2ccccc2n1CCNS(=O)(=O)CC1CC(C)C1. The second kappa shape index (κ2) is 6.01. The highest BCUT2D eigenvalue weighted by molar-refractivity contribution is 7.89. The Morgan fingerprint density at radius 1 is 1.32 bits per heavy atom. The Morgan fingerprint density at radius 3 is 2.77 bits per heavy atom. The number of hydrogen-bond donors (Lipinski definition) is 1. The van der Waals surface area contributed by atoms with Gasteiger partial charge in [0, 0.05) is 13.1 Å². The molecule has 0 radical (unpaired) electrons. The average Bonchev–Trinajstić information content (AvgIpc) is 2.73. The predicted molar refractivity (Wildman–Crippen MR) is 88.1 cm³/mol. The Balaban J connectivity index is 1.59. The lowest BCUT2D eigenvalue weighted by molar-refractivity contribution is 0.235. The lowest BCUT2D eigenvalue weighted by atomic mass is 9.77. The summed E-state index contributed by atoms with van der Waals surface area (Å²) in [5.74, 6) is 2.19. The van der Waals surface area contributed by atoms with Crippen molar-refractivity contribution in [2.24, 2.45) is 11.8 Å². The Hall–Kier alpha value is -1.40. The van der Waals surface area contributed by atoms with Gasteiger partial charge in [0.25, 0.3) is 0 Å². The molecule has 0 bridgehead atoms. The Morgan fingerprint density at radius 2 is 2.05 bits per heavy atom. The highest BCUT2D eigenvalue weighted by Gasteiger charge is 2.29. The fraction of sp³-hybridized carbons (Fsp3) is 0.562. The van der Waals surface area contributed by atoms with Crippen molar-refractivity contribution in [3.8, 4) is 0 Å². The van der Waals surface area contributed by atoms with Crippen LogP contribution in [0.4, 0.5) is 0 Å². The van der Waals surface area contributed by atoms with Gasteiger partial charge in [-0.3, -0.25) is 0 Å². The van der Waals surface area contributed by atoms with E-state index >= 15 is 0 Å². The van der Waals surface area contributed by atoms with Crippen LogP contribution >= 0.6 is 0 Å². The number of hydrogen-bond acceptors (Lipinski definition) is 3. The van der Waals surface area contributed by atoms with Gasteiger partial charge in [0.05, 0.1) is 16.8 Å². The summed E-state index contributed by atoms with van der Waals surface area (Å²) in [6.45, 7) is 5.13. The number of rotatable bonds is 6. The molecule has 6 heteroatoms. The van der Waals surface area contributed by atoms with Crippen LogP contribution in [-0.4, -0.2) is 30.3 Å². The number of imidazole rings is 1. The van der Waals surface area contributed by atoms with E-state index in [9.17, 15) is 8.42 Å². The minimum atomic E-state index is -3.17. The molecule has 0 saturated heterocycles. The van der Waals surface area contributed by atoms with Gasteiger partial charge in [-0.05, 0) is 43.7 Å². The van der Waals surface area contributed by atoms with Crippen molar-refractivity contribution in [3.05, 3.63) is 30.1 Å². The second-order valence-corrected chi connectivity index (χ2v) is 8.27. The molecular formula is C16H23N3O2S. The smallest absolute Gasteiger partial charge is 0.211 e. The van der Waals surface area contributed by atoms with Crippen LogP contribution in [0.1, 0.15) is 25.6 Å². The number of aromatic nitrogens is 2. The zero-order valence-corrected chi connectivity index (χ0v) is 13.9. The van der Waals surface area contributed by atoms with Crippen molar-refractivity contribution in [1.82, 2.24) is 14.3 Å². The lowest BCUT2D eigenvalue weighted by Gasteiger charge is -2.32. The largest absolute Gasteiger partial charge is 0.327 e. The second-order valence-electron chi connectivity index (χ2n) is 6.42. The molecule has 0 spiro atoms. The molecule has 1 aromatic heterocycles. The van der Waals surface area contributed by atoms with E-state index in [-0.39, 0.29) is 5.75 Å². The number of nitrogens with zero attached hydrogens (tertiary/aromatic N) is 2. The van der Waals surface area contributed by atoms with Gasteiger partial charge in [-0.25, -0.2) is 18.1 Å². The summed E-state index contributed by atoms with van der Waals surface area (Å²) >= 11 is 0. The number of nitrogens with one attached hydrogen (secondary N) is 1. The van der Waals surface area contributed by atoms with Gasteiger partial charge in [0.2, 0.25) is 10.0 Å². The topological polar surface area (TPSA) is 64.0 Å². The number of benzene rings is 1. The molecule has 0 atom stereocenters. The molecule has 1 fully saturated rings. The van der Waals surface area contributed by atoms with E-state index in [0.717, 1.165) is 29.7 Å². The molecule has 120 valence electrons. The molecule has 1 heterocycles. The van der Waals surface area contributed by atoms with E-state index in [2.05, 4.69) is 21.2 Å². The van der Waals surface area contributed by atoms with Crippen LogP contribution in [-0.2, 0) is 16.6 Å². The first kappa shape index (κ1) is 15.5. The van der Waals surface area contributed by atoms with Gasteiger partial charge in [-0.1, -0.05) is 19.1 Å². The normalized spacial score (nSPS) is 21.9. The van der Waals surface area contributed by atoms with Gasteiger partial charge in [-0.15, -0.1) is 0 Å². The third-order valence-corrected chi connectivity index (χ3v) is 5.98. The molecule has 22 heavy (non-hydrogen) atoms. The van der Waals surface area contributed by atoms with Crippen LogP contribution in [0.3, 0.4) is 0 Å². The molecular weight excluding hydrogens is 298 g/mol. The van der Waals surface area contributed by atoms with E-state index in [1.807, 2.05) is 31.2 Å². The van der Waals surface area contributed by atoms with E-state index in [1.165, 1.54) is 0 Å². The average molecular weight is 321 g/mol. The third-order valence-electron chi connectivity index (χ3n) is 4.43. The summed E-state index contributed by atoms with van der Waals surface area (Å²) in [5, 5.41) is 0. The van der Waals surface area contributed by atoms with Crippen molar-refractivity contribution in [3.63, 3.8) is 0 Å². The van der Waals surface area contributed by atoms with Crippen molar-refractivity contribution < 1.29 is 8.42 Å². The van der Waals surface area contributed by atoms with Crippen molar-refractivity contribution in [2.75, 3.05) is 12.3 Å². The number of aryl methyl sites for hydroxylation is 1. The van der Waals surface area contributed by atoms with Gasteiger partial charge >= 0.3 is 0 Å². The number of sulfonamides is 1. The minimum absolute atomic E-state index is 0.265. The van der Waals surface area contributed by atoms with Gasteiger partial charge in [0.15, 0.2) is 0 Å². The molecule has 3 rings (SSSR count). The highest BCUT2D eigenvalue weighted by Crippen LogP contribution is 2.33. The zero-order valence-electron chi connectivity index (χ0n) is 13.1. The summed E-state index contributed by atoms with van der Waals surface area (Å²) < 4.78 is 28.9. The summed E-state index contributed by atoms with van der Waals surface area (Å²) in [5.41, 5.74) is 2.00. The first-order valence-electron chi connectivity index (χ1n) is 7.84. The van der Waals surface area contributed by atoms with Crippen LogP contribution in [0.25, 0.3) is 11.0 Å². The van der Waals surface area contributed by atoms with Crippen LogP contribution in [0.2, 0.25) is 0 Å². The number of fused-ring (bicyclic) bond motifs is 1. The summed E-state index contributed by atoms with van der Waals surface area (Å²) in [6, 6.07) is 7.92. The van der Waals surface area contributed by atoms with Crippen molar-refractivity contribution >= 4 is 21.1 Å². The van der Waals surface area contributed by atoms with Gasteiger partial charge in [-0.2, -0.15) is 0 Å². The Bertz CT molecular complexity index is 761. The minimum Gasteiger partial charge on any atom is -0.327 e. The zero-order chi connectivity index (χ0) is 15.7. The predicted octanol–water partition coefficient (Wildman–Crippen LogP) is 2.31. The number of para-hydroxylation sites is 2. The van der Waals surface area contributed by atoms with Crippen LogP contribution in [0, 0.1) is 18.8 Å². The van der Waals surface area contributed by atoms with E-state index in [4.69, 9.17) is 0 Å². The first-order chi connectivity index (χ1) is 10.4. The van der Waals surface area contributed by atoms with Gasteiger partial charge in [0.1, 0.15) is 5.82 Å². The molecule has 1 aliphatic rings. The molecule has 0 amide bonds. The van der Waals surface area contributed by atoms with E-state index < -0.39 is 10.0 Å². The Labute approximate surface area is 131 Å². The maximum absolute atomic E-state index is 12.1. The van der Waals surface area contributed by atoms with Crippen LogP contribution in [0.5, 0.6) is 0 Å². The highest BCUT2D eigenvalue weighted by atomic mass is 32.2. The van der Waals surface area contributed by atoms with Crippen LogP contribution < -0.4 is 4.72 Å². The molecule has 1 N–H and O–H groups in total. The molecule has 1 aliphatic carbocycles. The molecule has 1 aromatic carbocycles. The summed E-state index contributed by atoms with van der Waals surface area (Å²) in [4.78, 5) is 4.49. The van der Waals surface area contributed by atoms with E-state index in [1.54, 1.807) is 0 Å². The summed E-state index contributed by atoms with van der Waals surface area (Å²) in [6.07, 6.45) is 2.07. The van der Waals surface area contributed by atoms with Crippen molar-refractivity contribution in [1.29, 1.82) is 0 Å². The third kappa shape index (κ3) is 3.33. The lowest BCUT2D eigenvalue weighted by Crippen LogP contribution is -2.36. The van der Waals surface area contributed by atoms with Crippen molar-refractivity contribution in [2.45, 2.75) is 33.2 Å². The molecule has 0 unspecified atom stereocenters. The van der Waals surface area contributed by atoms with Crippen LogP contribution in [0.15, 0.2) is 24.3 Å². The molecule has 2 aromatic rings. The summed E-state index contributed by atoms with van der Waals surface area (Å²) in [7, 11) is -3.17. The fourth-order valence-corrected chi connectivity index (χ4v) is 4.78.